The lowest BCUT2D eigenvalue weighted by Gasteiger charge is -2.07. The minimum Gasteiger partial charge on any atom is -0.493 e. The fourth-order valence-corrected chi connectivity index (χ4v) is 1.70. The Balaban J connectivity index is 1.98. The Kier molecular flexibility index (Phi) is 4.13. The van der Waals surface area contributed by atoms with Crippen LogP contribution in [-0.2, 0) is 6.42 Å². The van der Waals surface area contributed by atoms with Crippen LogP contribution in [0.4, 0.5) is 4.39 Å². The van der Waals surface area contributed by atoms with Crippen LogP contribution in [0.5, 0.6) is 5.75 Å². The molecule has 0 atom stereocenters. The Hall–Kier alpha value is -2.36. The number of carboxylic acid groups (broad SMARTS) is 1. The van der Waals surface area contributed by atoms with Crippen LogP contribution in [0.15, 0.2) is 48.5 Å². The first-order valence-electron chi connectivity index (χ1n) is 5.86. The van der Waals surface area contributed by atoms with Gasteiger partial charge in [0.25, 0.3) is 0 Å². The van der Waals surface area contributed by atoms with E-state index in [2.05, 4.69) is 0 Å². The summed E-state index contributed by atoms with van der Waals surface area (Å²) in [7, 11) is 0. The molecule has 0 radical (unpaired) electrons. The van der Waals surface area contributed by atoms with Crippen molar-refractivity contribution >= 4 is 5.97 Å². The van der Waals surface area contributed by atoms with Gasteiger partial charge in [-0.1, -0.05) is 30.3 Å². The van der Waals surface area contributed by atoms with E-state index in [0.29, 0.717) is 13.0 Å². The molecule has 0 aliphatic heterocycles. The lowest BCUT2D eigenvalue weighted by Crippen LogP contribution is -2.03. The minimum absolute atomic E-state index is 0.116. The zero-order valence-electron chi connectivity index (χ0n) is 10.2. The highest BCUT2D eigenvalue weighted by molar-refractivity contribution is 5.88. The summed E-state index contributed by atoms with van der Waals surface area (Å²) in [6.45, 7) is 0.368. The fraction of sp³-hybridized carbons (Fsp3) is 0.133. The number of hydrogen-bond donors (Lipinski definition) is 1. The topological polar surface area (TPSA) is 46.5 Å². The van der Waals surface area contributed by atoms with Crippen molar-refractivity contribution in [2.75, 3.05) is 6.61 Å². The van der Waals surface area contributed by atoms with Gasteiger partial charge in [-0.25, -0.2) is 9.18 Å². The smallest absolute Gasteiger partial charge is 0.335 e. The van der Waals surface area contributed by atoms with Crippen molar-refractivity contribution in [1.29, 1.82) is 0 Å². The number of aromatic carboxylic acids is 1. The van der Waals surface area contributed by atoms with Crippen molar-refractivity contribution < 1.29 is 19.0 Å². The number of benzene rings is 2. The van der Waals surface area contributed by atoms with Crippen molar-refractivity contribution in [3.8, 4) is 5.75 Å². The summed E-state index contributed by atoms with van der Waals surface area (Å²) in [6.07, 6.45) is 0.680. The second-order valence-corrected chi connectivity index (χ2v) is 4.06. The van der Waals surface area contributed by atoms with E-state index in [9.17, 15) is 9.18 Å². The second-order valence-electron chi connectivity index (χ2n) is 4.06. The SMILES string of the molecule is O=C(O)c1cc(F)cc(OCCc2ccccc2)c1. The molecule has 2 aromatic rings. The lowest BCUT2D eigenvalue weighted by atomic mass is 10.2. The number of ether oxygens (including phenoxy) is 1. The van der Waals surface area contributed by atoms with Gasteiger partial charge < -0.3 is 9.84 Å². The Morgan fingerprint density at radius 3 is 2.58 bits per heavy atom. The van der Waals surface area contributed by atoms with Gasteiger partial charge in [-0.2, -0.15) is 0 Å². The van der Waals surface area contributed by atoms with Gasteiger partial charge in [-0.3, -0.25) is 0 Å². The van der Waals surface area contributed by atoms with Crippen molar-refractivity contribution in [3.05, 3.63) is 65.5 Å². The Labute approximate surface area is 110 Å². The highest BCUT2D eigenvalue weighted by atomic mass is 19.1. The summed E-state index contributed by atoms with van der Waals surface area (Å²) in [5, 5.41) is 8.81. The molecule has 0 bridgehead atoms. The van der Waals surface area contributed by atoms with Gasteiger partial charge in [0.05, 0.1) is 12.2 Å². The predicted molar refractivity (Wildman–Crippen MR) is 69.0 cm³/mol. The molecule has 2 aromatic carbocycles. The van der Waals surface area contributed by atoms with Crippen molar-refractivity contribution in [1.82, 2.24) is 0 Å². The molecule has 1 N–H and O–H groups in total. The fourth-order valence-electron chi connectivity index (χ4n) is 1.70. The average molecular weight is 260 g/mol. The number of carboxylic acids is 1. The zero-order chi connectivity index (χ0) is 13.7. The third-order valence-electron chi connectivity index (χ3n) is 2.62. The molecule has 0 fully saturated rings. The quantitative estimate of drug-likeness (QED) is 0.898. The van der Waals surface area contributed by atoms with E-state index in [1.807, 2.05) is 30.3 Å². The molecule has 19 heavy (non-hydrogen) atoms. The Morgan fingerprint density at radius 2 is 1.89 bits per heavy atom. The van der Waals surface area contributed by atoms with Crippen LogP contribution in [0.1, 0.15) is 15.9 Å². The molecule has 3 nitrogen and oxygen atoms in total. The summed E-state index contributed by atoms with van der Waals surface area (Å²) < 4.78 is 18.6. The van der Waals surface area contributed by atoms with Gasteiger partial charge in [-0.15, -0.1) is 0 Å². The third-order valence-corrected chi connectivity index (χ3v) is 2.62. The van der Waals surface area contributed by atoms with Crippen molar-refractivity contribution in [2.45, 2.75) is 6.42 Å². The standard InChI is InChI=1S/C15H13FO3/c16-13-8-12(15(17)18)9-14(10-13)19-7-6-11-4-2-1-3-5-11/h1-5,8-10H,6-7H2,(H,17,18). The summed E-state index contributed by atoms with van der Waals surface area (Å²) in [6, 6.07) is 13.2. The first-order chi connectivity index (χ1) is 9.15. The average Bonchev–Trinajstić information content (AvgIpc) is 2.39. The molecule has 98 valence electrons. The van der Waals surface area contributed by atoms with E-state index in [0.717, 1.165) is 11.6 Å². The van der Waals surface area contributed by atoms with Crippen LogP contribution in [0.3, 0.4) is 0 Å². The summed E-state index contributed by atoms with van der Waals surface area (Å²) in [5.41, 5.74) is 0.993. The zero-order valence-corrected chi connectivity index (χ0v) is 10.2. The molecular weight excluding hydrogens is 247 g/mol. The highest BCUT2D eigenvalue weighted by Crippen LogP contribution is 2.17. The molecule has 0 aromatic heterocycles. The van der Waals surface area contributed by atoms with E-state index in [4.69, 9.17) is 9.84 Å². The van der Waals surface area contributed by atoms with Gasteiger partial charge in [0.15, 0.2) is 0 Å². The third kappa shape index (κ3) is 3.81. The number of rotatable bonds is 5. The summed E-state index contributed by atoms with van der Waals surface area (Å²) in [4.78, 5) is 10.8. The lowest BCUT2D eigenvalue weighted by molar-refractivity contribution is 0.0695. The van der Waals surface area contributed by atoms with E-state index in [1.54, 1.807) is 0 Å². The molecule has 4 heteroatoms. The summed E-state index contributed by atoms with van der Waals surface area (Å²) >= 11 is 0. The monoisotopic (exact) mass is 260 g/mol. The molecule has 0 aliphatic carbocycles. The van der Waals surface area contributed by atoms with Crippen molar-refractivity contribution in [3.63, 3.8) is 0 Å². The van der Waals surface area contributed by atoms with Crippen molar-refractivity contribution in [2.24, 2.45) is 0 Å². The molecule has 0 saturated carbocycles. The summed E-state index contributed by atoms with van der Waals surface area (Å²) in [5.74, 6) is -1.56. The number of carbonyl (C=O) groups is 1. The maximum absolute atomic E-state index is 13.2. The van der Waals surface area contributed by atoms with Gasteiger partial charge in [0, 0.05) is 12.5 Å². The highest BCUT2D eigenvalue weighted by Gasteiger charge is 2.07. The largest absolute Gasteiger partial charge is 0.493 e. The number of hydrogen-bond acceptors (Lipinski definition) is 2. The van der Waals surface area contributed by atoms with Crippen LogP contribution >= 0.6 is 0 Å². The van der Waals surface area contributed by atoms with E-state index < -0.39 is 11.8 Å². The van der Waals surface area contributed by atoms with Crippen LogP contribution in [-0.4, -0.2) is 17.7 Å². The maximum Gasteiger partial charge on any atom is 0.335 e. The Morgan fingerprint density at radius 1 is 1.16 bits per heavy atom. The van der Waals surface area contributed by atoms with Crippen LogP contribution in [0.2, 0.25) is 0 Å². The molecule has 0 amide bonds. The molecule has 2 rings (SSSR count). The van der Waals surface area contributed by atoms with Gasteiger partial charge in [-0.05, 0) is 17.7 Å². The predicted octanol–water partition coefficient (Wildman–Crippen LogP) is 3.15. The molecule has 0 spiro atoms. The maximum atomic E-state index is 13.2. The first kappa shape index (κ1) is 13.1. The van der Waals surface area contributed by atoms with Crippen LogP contribution in [0.25, 0.3) is 0 Å². The molecule has 0 saturated heterocycles. The molecular formula is C15H13FO3. The van der Waals surface area contributed by atoms with Crippen LogP contribution < -0.4 is 4.74 Å². The van der Waals surface area contributed by atoms with Gasteiger partial charge in [0.2, 0.25) is 0 Å². The number of halogens is 1. The van der Waals surface area contributed by atoms with E-state index in [-0.39, 0.29) is 11.3 Å². The molecule has 0 unspecified atom stereocenters. The normalized spacial score (nSPS) is 10.2. The van der Waals surface area contributed by atoms with Gasteiger partial charge >= 0.3 is 5.97 Å². The Bertz CT molecular complexity index is 567. The first-order valence-corrected chi connectivity index (χ1v) is 5.86. The second kappa shape index (κ2) is 6.00. The molecule has 0 aliphatic rings. The minimum atomic E-state index is -1.17. The van der Waals surface area contributed by atoms with E-state index in [1.165, 1.54) is 12.1 Å². The molecule has 0 heterocycles. The van der Waals surface area contributed by atoms with Gasteiger partial charge in [0.1, 0.15) is 11.6 Å². The van der Waals surface area contributed by atoms with Crippen LogP contribution in [0, 0.1) is 5.82 Å². The van der Waals surface area contributed by atoms with E-state index >= 15 is 0 Å².